The van der Waals surface area contributed by atoms with Crippen LogP contribution in [0.15, 0.2) is 63.5 Å². The lowest BCUT2D eigenvalue weighted by Gasteiger charge is -2.10. The monoisotopic (exact) mass is 415 g/mol. The van der Waals surface area contributed by atoms with Crippen molar-refractivity contribution >= 4 is 27.5 Å². The second-order valence-corrected chi connectivity index (χ2v) is 6.61. The number of benzene rings is 2. The van der Waals surface area contributed by atoms with Crippen LogP contribution in [0.3, 0.4) is 0 Å². The lowest BCUT2D eigenvalue weighted by atomic mass is 10.1. The molecule has 1 amide bonds. The number of rotatable bonds is 6. The number of ether oxygens (including phenoxy) is 1. The van der Waals surface area contributed by atoms with Gasteiger partial charge in [0.1, 0.15) is 23.9 Å². The molecule has 0 fully saturated rings. The molecule has 3 rings (SSSR count). The summed E-state index contributed by atoms with van der Waals surface area (Å²) in [5.74, 6) is 1.54. The Morgan fingerprint density at radius 3 is 2.58 bits per heavy atom. The number of carbonyl (C=O) groups is 1. The molecule has 3 aromatic rings. The highest BCUT2D eigenvalue weighted by Gasteiger charge is 2.12. The van der Waals surface area contributed by atoms with Crippen LogP contribution in [0.4, 0.5) is 5.69 Å². The lowest BCUT2D eigenvalue weighted by Crippen LogP contribution is -2.14. The topological polar surface area (TPSA) is 71.7 Å². The highest BCUT2D eigenvalue weighted by Crippen LogP contribution is 2.33. The van der Waals surface area contributed by atoms with Gasteiger partial charge in [-0.25, -0.2) is 0 Å². The van der Waals surface area contributed by atoms with Gasteiger partial charge in [0.25, 0.3) is 0 Å². The van der Waals surface area contributed by atoms with Crippen molar-refractivity contribution < 1.29 is 19.1 Å². The molecule has 134 valence electrons. The third-order valence-electron chi connectivity index (χ3n) is 3.85. The fourth-order valence-corrected chi connectivity index (χ4v) is 2.84. The van der Waals surface area contributed by atoms with Crippen LogP contribution >= 0.6 is 15.9 Å². The maximum Gasteiger partial charge on any atom is 0.228 e. The third kappa shape index (κ3) is 4.33. The molecular formula is C20H18BrNO4. The van der Waals surface area contributed by atoms with Gasteiger partial charge in [-0.15, -0.1) is 0 Å². The zero-order chi connectivity index (χ0) is 18.5. The van der Waals surface area contributed by atoms with Crippen LogP contribution < -0.4 is 10.1 Å². The molecular weight excluding hydrogens is 398 g/mol. The number of hydrogen-bond donors (Lipinski definition) is 2. The molecule has 0 unspecified atom stereocenters. The Balaban J connectivity index is 1.74. The van der Waals surface area contributed by atoms with Gasteiger partial charge in [-0.2, -0.15) is 0 Å². The molecule has 0 spiro atoms. The van der Waals surface area contributed by atoms with E-state index >= 15 is 0 Å². The summed E-state index contributed by atoms with van der Waals surface area (Å²) >= 11 is 3.38. The minimum Gasteiger partial charge on any atom is -0.496 e. The fourth-order valence-electron chi connectivity index (χ4n) is 2.57. The Bertz CT molecular complexity index is 902. The van der Waals surface area contributed by atoms with Gasteiger partial charge in [0.05, 0.1) is 19.1 Å². The minimum absolute atomic E-state index is 0.109. The first-order valence-electron chi connectivity index (χ1n) is 8.01. The number of carbonyl (C=O) groups excluding carboxylic acids is 1. The summed E-state index contributed by atoms with van der Waals surface area (Å²) < 4.78 is 11.9. The van der Waals surface area contributed by atoms with Gasteiger partial charge in [-0.3, -0.25) is 4.79 Å². The predicted molar refractivity (Wildman–Crippen MR) is 103 cm³/mol. The number of hydrogen-bond acceptors (Lipinski definition) is 4. The molecule has 0 aliphatic carbocycles. The zero-order valence-corrected chi connectivity index (χ0v) is 15.7. The highest BCUT2D eigenvalue weighted by molar-refractivity contribution is 9.10. The Kier molecular flexibility index (Phi) is 5.75. The lowest BCUT2D eigenvalue weighted by molar-refractivity contribution is -0.115. The molecule has 1 heterocycles. The third-order valence-corrected chi connectivity index (χ3v) is 4.37. The maximum absolute atomic E-state index is 12.3. The van der Waals surface area contributed by atoms with Crippen LogP contribution in [0.1, 0.15) is 11.3 Å². The van der Waals surface area contributed by atoms with Gasteiger partial charge in [0, 0.05) is 16.2 Å². The number of methoxy groups -OCH3 is 1. The molecule has 1 aromatic heterocycles. The van der Waals surface area contributed by atoms with Crippen molar-refractivity contribution in [3.63, 3.8) is 0 Å². The summed E-state index contributed by atoms with van der Waals surface area (Å²) in [6.45, 7) is -0.160. The molecule has 26 heavy (non-hydrogen) atoms. The molecule has 0 aliphatic heterocycles. The molecule has 0 radical (unpaired) electrons. The second kappa shape index (κ2) is 8.21. The van der Waals surface area contributed by atoms with Gasteiger partial charge in [0.15, 0.2) is 0 Å². The van der Waals surface area contributed by atoms with E-state index in [4.69, 9.17) is 14.3 Å². The summed E-state index contributed by atoms with van der Waals surface area (Å²) in [6.07, 6.45) is 0.287. The van der Waals surface area contributed by atoms with Crippen molar-refractivity contribution in [2.75, 3.05) is 12.4 Å². The van der Waals surface area contributed by atoms with Crippen molar-refractivity contribution in [3.05, 3.63) is 70.4 Å². The summed E-state index contributed by atoms with van der Waals surface area (Å²) in [4.78, 5) is 12.3. The molecule has 0 bridgehead atoms. The minimum atomic E-state index is -0.160. The van der Waals surface area contributed by atoms with E-state index in [-0.39, 0.29) is 18.9 Å². The Morgan fingerprint density at radius 2 is 1.92 bits per heavy atom. The first kappa shape index (κ1) is 18.2. The van der Waals surface area contributed by atoms with Crippen molar-refractivity contribution in [2.24, 2.45) is 0 Å². The van der Waals surface area contributed by atoms with Crippen LogP contribution in [0.2, 0.25) is 0 Å². The smallest absolute Gasteiger partial charge is 0.228 e. The fraction of sp³-hybridized carbons (Fsp3) is 0.150. The Morgan fingerprint density at radius 1 is 1.15 bits per heavy atom. The normalized spacial score (nSPS) is 10.6. The average Bonchev–Trinajstić information content (AvgIpc) is 3.12. The molecule has 0 saturated heterocycles. The summed E-state index contributed by atoms with van der Waals surface area (Å²) in [5.41, 5.74) is 2.32. The quantitative estimate of drug-likeness (QED) is 0.625. The first-order chi connectivity index (χ1) is 12.6. The van der Waals surface area contributed by atoms with Crippen molar-refractivity contribution in [3.8, 4) is 17.1 Å². The molecule has 0 saturated carbocycles. The standard InChI is InChI=1S/C20H18BrNO4/c1-25-19-11-15(6-8-17(19)18-9-7-16(12-23)26-18)22-20(24)10-13-2-4-14(21)5-3-13/h2-9,11,23H,10,12H2,1H3,(H,22,24). The van der Waals surface area contributed by atoms with E-state index in [0.717, 1.165) is 15.6 Å². The molecule has 6 heteroatoms. The van der Waals surface area contributed by atoms with Gasteiger partial charge in [0.2, 0.25) is 5.91 Å². The summed E-state index contributed by atoms with van der Waals surface area (Å²) in [5, 5.41) is 12.0. The van der Waals surface area contributed by atoms with Crippen LogP contribution in [-0.2, 0) is 17.8 Å². The van der Waals surface area contributed by atoms with Crippen LogP contribution in [-0.4, -0.2) is 18.1 Å². The van der Waals surface area contributed by atoms with E-state index in [9.17, 15) is 4.79 Å². The predicted octanol–water partition coefficient (Wildman–Crippen LogP) is 4.39. The van der Waals surface area contributed by atoms with Crippen molar-refractivity contribution in [1.29, 1.82) is 0 Å². The van der Waals surface area contributed by atoms with E-state index in [0.29, 0.717) is 23.0 Å². The van der Waals surface area contributed by atoms with Crippen molar-refractivity contribution in [1.82, 2.24) is 0 Å². The van der Waals surface area contributed by atoms with Gasteiger partial charge in [-0.1, -0.05) is 28.1 Å². The molecule has 0 aliphatic rings. The zero-order valence-electron chi connectivity index (χ0n) is 14.2. The summed E-state index contributed by atoms with van der Waals surface area (Å²) in [6, 6.07) is 16.5. The first-order valence-corrected chi connectivity index (χ1v) is 8.80. The van der Waals surface area contributed by atoms with E-state index in [1.807, 2.05) is 30.3 Å². The number of amides is 1. The van der Waals surface area contributed by atoms with Crippen LogP contribution in [0.25, 0.3) is 11.3 Å². The van der Waals surface area contributed by atoms with Gasteiger partial charge in [-0.05, 0) is 42.0 Å². The number of aliphatic hydroxyl groups is 1. The van der Waals surface area contributed by atoms with Gasteiger partial charge >= 0.3 is 0 Å². The van der Waals surface area contributed by atoms with E-state index in [1.165, 1.54) is 0 Å². The molecule has 2 aromatic carbocycles. The number of halogens is 1. The number of aliphatic hydroxyl groups excluding tert-OH is 1. The molecule has 0 atom stereocenters. The maximum atomic E-state index is 12.3. The second-order valence-electron chi connectivity index (χ2n) is 5.69. The van der Waals surface area contributed by atoms with Crippen molar-refractivity contribution in [2.45, 2.75) is 13.0 Å². The van der Waals surface area contributed by atoms with Crippen LogP contribution in [0.5, 0.6) is 5.75 Å². The molecule has 2 N–H and O–H groups in total. The van der Waals surface area contributed by atoms with E-state index in [2.05, 4.69) is 21.2 Å². The van der Waals surface area contributed by atoms with Gasteiger partial charge < -0.3 is 19.6 Å². The van der Waals surface area contributed by atoms with E-state index < -0.39 is 0 Å². The number of anilines is 1. The Labute approximate surface area is 159 Å². The molecule has 5 nitrogen and oxygen atoms in total. The Hall–Kier alpha value is -2.57. The SMILES string of the molecule is COc1cc(NC(=O)Cc2ccc(Br)cc2)ccc1-c1ccc(CO)o1. The number of furan rings is 1. The average molecular weight is 416 g/mol. The van der Waals surface area contributed by atoms with E-state index in [1.54, 1.807) is 31.4 Å². The highest BCUT2D eigenvalue weighted by atomic mass is 79.9. The van der Waals surface area contributed by atoms with Crippen LogP contribution in [0, 0.1) is 0 Å². The number of nitrogens with one attached hydrogen (secondary N) is 1. The summed E-state index contributed by atoms with van der Waals surface area (Å²) in [7, 11) is 1.56. The largest absolute Gasteiger partial charge is 0.496 e.